The lowest BCUT2D eigenvalue weighted by Crippen LogP contribution is -2.48. The quantitative estimate of drug-likeness (QED) is 0.937. The number of nitrogens with zero attached hydrogens (tertiary/aromatic N) is 1. The van der Waals surface area contributed by atoms with Gasteiger partial charge in [-0.15, -0.1) is 0 Å². The molecule has 1 aliphatic heterocycles. The molecule has 1 saturated heterocycles. The standard InChI is InChI=1S/C18H21NO3S/c20-18-16(14-15-8-3-1-4-9-15)10-7-13-19(18)23(21,22)17-11-5-2-6-12-17/h1-6,8-9,11-12,16,18,20H,7,10,13-14H2. The summed E-state index contributed by atoms with van der Waals surface area (Å²) in [4.78, 5) is 0.236. The minimum Gasteiger partial charge on any atom is -0.377 e. The predicted octanol–water partition coefficient (Wildman–Crippen LogP) is 2.65. The molecule has 2 aromatic carbocycles. The summed E-state index contributed by atoms with van der Waals surface area (Å²) in [5.41, 5.74) is 1.12. The van der Waals surface area contributed by atoms with Gasteiger partial charge in [-0.25, -0.2) is 8.42 Å². The van der Waals surface area contributed by atoms with E-state index in [1.54, 1.807) is 30.3 Å². The van der Waals surface area contributed by atoms with Crippen LogP contribution in [-0.4, -0.2) is 30.6 Å². The fourth-order valence-electron chi connectivity index (χ4n) is 3.14. The van der Waals surface area contributed by atoms with Crippen LogP contribution in [0.3, 0.4) is 0 Å². The van der Waals surface area contributed by atoms with Gasteiger partial charge in [-0.1, -0.05) is 48.5 Å². The third-order valence-corrected chi connectivity index (χ3v) is 6.24. The van der Waals surface area contributed by atoms with E-state index in [0.717, 1.165) is 18.4 Å². The average molecular weight is 331 g/mol. The van der Waals surface area contributed by atoms with Crippen LogP contribution in [0.2, 0.25) is 0 Å². The molecule has 0 bridgehead atoms. The molecule has 122 valence electrons. The highest BCUT2D eigenvalue weighted by molar-refractivity contribution is 7.89. The van der Waals surface area contributed by atoms with Crippen molar-refractivity contribution in [2.24, 2.45) is 5.92 Å². The molecule has 0 aromatic heterocycles. The second-order valence-corrected chi connectivity index (χ2v) is 7.83. The number of hydrogen-bond acceptors (Lipinski definition) is 3. The van der Waals surface area contributed by atoms with Crippen molar-refractivity contribution in [1.82, 2.24) is 4.31 Å². The molecule has 0 aliphatic carbocycles. The first-order valence-electron chi connectivity index (χ1n) is 7.88. The van der Waals surface area contributed by atoms with Crippen LogP contribution in [-0.2, 0) is 16.4 Å². The van der Waals surface area contributed by atoms with E-state index in [9.17, 15) is 13.5 Å². The van der Waals surface area contributed by atoms with E-state index < -0.39 is 16.3 Å². The zero-order valence-electron chi connectivity index (χ0n) is 12.9. The SMILES string of the molecule is O=S(=O)(c1ccccc1)N1CCCC(Cc2ccccc2)C1O. The Bertz CT molecular complexity index is 731. The second kappa shape index (κ2) is 6.83. The first-order chi connectivity index (χ1) is 11.1. The number of hydrogen-bond donors (Lipinski definition) is 1. The average Bonchev–Trinajstić information content (AvgIpc) is 2.58. The summed E-state index contributed by atoms with van der Waals surface area (Å²) >= 11 is 0. The molecule has 1 N–H and O–H groups in total. The second-order valence-electron chi connectivity index (χ2n) is 5.93. The van der Waals surface area contributed by atoms with E-state index in [2.05, 4.69) is 0 Å². The fraction of sp³-hybridized carbons (Fsp3) is 0.333. The maximum Gasteiger partial charge on any atom is 0.245 e. The van der Waals surface area contributed by atoms with Gasteiger partial charge >= 0.3 is 0 Å². The molecule has 5 heteroatoms. The van der Waals surface area contributed by atoms with Crippen molar-refractivity contribution in [3.8, 4) is 0 Å². The third kappa shape index (κ3) is 3.47. The monoisotopic (exact) mass is 331 g/mol. The number of rotatable bonds is 4. The van der Waals surface area contributed by atoms with Crippen molar-refractivity contribution in [1.29, 1.82) is 0 Å². The highest BCUT2D eigenvalue weighted by Gasteiger charge is 2.37. The maximum absolute atomic E-state index is 12.8. The van der Waals surface area contributed by atoms with E-state index in [4.69, 9.17) is 0 Å². The van der Waals surface area contributed by atoms with Gasteiger partial charge in [0.15, 0.2) is 0 Å². The van der Waals surface area contributed by atoms with Crippen LogP contribution >= 0.6 is 0 Å². The smallest absolute Gasteiger partial charge is 0.245 e. The molecule has 23 heavy (non-hydrogen) atoms. The molecule has 0 spiro atoms. The number of piperidine rings is 1. The summed E-state index contributed by atoms with van der Waals surface area (Å²) in [6.07, 6.45) is 1.30. The van der Waals surface area contributed by atoms with Gasteiger partial charge in [0.2, 0.25) is 10.0 Å². The van der Waals surface area contributed by atoms with E-state index in [1.807, 2.05) is 30.3 Å². The molecule has 2 atom stereocenters. The topological polar surface area (TPSA) is 57.6 Å². The first kappa shape index (κ1) is 16.2. The van der Waals surface area contributed by atoms with Crippen molar-refractivity contribution >= 4 is 10.0 Å². The van der Waals surface area contributed by atoms with Gasteiger partial charge in [0.05, 0.1) is 4.90 Å². The van der Waals surface area contributed by atoms with Gasteiger partial charge in [0, 0.05) is 12.5 Å². The van der Waals surface area contributed by atoms with Crippen LogP contribution < -0.4 is 0 Å². The van der Waals surface area contributed by atoms with Crippen molar-refractivity contribution < 1.29 is 13.5 Å². The summed E-state index contributed by atoms with van der Waals surface area (Å²) in [7, 11) is -3.65. The highest BCUT2D eigenvalue weighted by Crippen LogP contribution is 2.30. The molecule has 0 radical (unpaired) electrons. The molecule has 2 aromatic rings. The lowest BCUT2D eigenvalue weighted by Gasteiger charge is -2.37. The van der Waals surface area contributed by atoms with Crippen molar-refractivity contribution in [3.63, 3.8) is 0 Å². The Balaban J connectivity index is 1.81. The van der Waals surface area contributed by atoms with Crippen LogP contribution in [0.4, 0.5) is 0 Å². The van der Waals surface area contributed by atoms with Gasteiger partial charge in [-0.3, -0.25) is 0 Å². The lowest BCUT2D eigenvalue weighted by atomic mass is 9.91. The number of aliphatic hydroxyl groups excluding tert-OH is 1. The molecular formula is C18H21NO3S. The summed E-state index contributed by atoms with van der Waals surface area (Å²) in [6.45, 7) is 0.365. The fourth-order valence-corrected chi connectivity index (χ4v) is 4.74. The van der Waals surface area contributed by atoms with E-state index >= 15 is 0 Å². The third-order valence-electron chi connectivity index (χ3n) is 4.36. The Morgan fingerprint density at radius 3 is 2.26 bits per heavy atom. The zero-order valence-corrected chi connectivity index (χ0v) is 13.7. The zero-order chi connectivity index (χ0) is 16.3. The van der Waals surface area contributed by atoms with E-state index in [1.165, 1.54) is 4.31 Å². The van der Waals surface area contributed by atoms with Crippen molar-refractivity contribution in [3.05, 3.63) is 66.2 Å². The minimum absolute atomic E-state index is 0.0790. The molecule has 0 saturated carbocycles. The summed E-state index contributed by atoms with van der Waals surface area (Å²) in [6, 6.07) is 18.2. The molecule has 0 amide bonds. The van der Waals surface area contributed by atoms with E-state index in [0.29, 0.717) is 13.0 Å². The number of benzene rings is 2. The normalized spacial score (nSPS) is 22.8. The Kier molecular flexibility index (Phi) is 4.80. The van der Waals surface area contributed by atoms with Crippen molar-refractivity contribution in [2.45, 2.75) is 30.4 Å². The Labute approximate surface area is 137 Å². The maximum atomic E-state index is 12.8. The van der Waals surface area contributed by atoms with Crippen LogP contribution in [0.5, 0.6) is 0 Å². The van der Waals surface area contributed by atoms with Gasteiger partial charge in [0.25, 0.3) is 0 Å². The van der Waals surface area contributed by atoms with Gasteiger partial charge < -0.3 is 5.11 Å². The molecular weight excluding hydrogens is 310 g/mol. The van der Waals surface area contributed by atoms with Gasteiger partial charge in [-0.05, 0) is 37.0 Å². The van der Waals surface area contributed by atoms with Crippen LogP contribution in [0.25, 0.3) is 0 Å². The molecule has 1 aliphatic rings. The summed E-state index contributed by atoms with van der Waals surface area (Å²) in [5, 5.41) is 10.6. The summed E-state index contributed by atoms with van der Waals surface area (Å²) in [5.74, 6) is -0.0790. The van der Waals surface area contributed by atoms with Crippen molar-refractivity contribution in [2.75, 3.05) is 6.54 Å². The Morgan fingerprint density at radius 1 is 1.00 bits per heavy atom. The number of aliphatic hydroxyl groups is 1. The van der Waals surface area contributed by atoms with Crippen LogP contribution in [0, 0.1) is 5.92 Å². The Morgan fingerprint density at radius 2 is 1.61 bits per heavy atom. The molecule has 2 unspecified atom stereocenters. The van der Waals surface area contributed by atoms with Crippen LogP contribution in [0.1, 0.15) is 18.4 Å². The Hall–Kier alpha value is -1.69. The molecule has 1 heterocycles. The molecule has 4 nitrogen and oxygen atoms in total. The summed E-state index contributed by atoms with van der Waals surface area (Å²) < 4.78 is 26.8. The predicted molar refractivity (Wildman–Crippen MR) is 89.2 cm³/mol. The first-order valence-corrected chi connectivity index (χ1v) is 9.32. The highest BCUT2D eigenvalue weighted by atomic mass is 32.2. The van der Waals surface area contributed by atoms with Gasteiger partial charge in [0.1, 0.15) is 6.23 Å². The van der Waals surface area contributed by atoms with Crippen LogP contribution in [0.15, 0.2) is 65.6 Å². The lowest BCUT2D eigenvalue weighted by molar-refractivity contribution is -0.0160. The van der Waals surface area contributed by atoms with Gasteiger partial charge in [-0.2, -0.15) is 4.31 Å². The minimum atomic E-state index is -3.65. The largest absolute Gasteiger partial charge is 0.377 e. The van der Waals surface area contributed by atoms with E-state index in [-0.39, 0.29) is 10.8 Å². The number of sulfonamides is 1. The molecule has 3 rings (SSSR count). The molecule has 1 fully saturated rings.